The van der Waals surface area contributed by atoms with E-state index in [0.717, 1.165) is 10.5 Å². The Balaban J connectivity index is 1.50. The second kappa shape index (κ2) is 8.94. The maximum Gasteiger partial charge on any atom is 0.283 e. The van der Waals surface area contributed by atoms with Gasteiger partial charge in [0, 0.05) is 15.7 Å². The van der Waals surface area contributed by atoms with Gasteiger partial charge in [-0.15, -0.1) is 0 Å². The molecule has 3 aromatic carbocycles. The molecule has 160 valence electrons. The summed E-state index contributed by atoms with van der Waals surface area (Å²) in [7, 11) is 0. The van der Waals surface area contributed by atoms with Crippen molar-refractivity contribution in [1.29, 1.82) is 0 Å². The number of para-hydroxylation sites is 2. The number of imide groups is 1. The van der Waals surface area contributed by atoms with Crippen LogP contribution in [0.3, 0.4) is 0 Å². The van der Waals surface area contributed by atoms with E-state index in [1.807, 2.05) is 12.1 Å². The van der Waals surface area contributed by atoms with E-state index in [2.05, 4.69) is 26.6 Å². The van der Waals surface area contributed by atoms with Crippen molar-refractivity contribution in [3.63, 3.8) is 0 Å². The number of amides is 3. The van der Waals surface area contributed by atoms with Gasteiger partial charge in [0.25, 0.3) is 17.7 Å². The predicted octanol–water partition coefficient (Wildman–Crippen LogP) is 5.28. The molecular formula is C23H14BrClFN3O3. The van der Waals surface area contributed by atoms with Crippen molar-refractivity contribution in [1.82, 2.24) is 0 Å². The number of carbonyl (C=O) groups is 3. The average Bonchev–Trinajstić information content (AvgIpc) is 2.99. The zero-order valence-corrected chi connectivity index (χ0v) is 18.6. The van der Waals surface area contributed by atoms with Crippen LogP contribution in [0.1, 0.15) is 10.4 Å². The Hall–Kier alpha value is -3.49. The maximum atomic E-state index is 14.1. The van der Waals surface area contributed by atoms with E-state index >= 15 is 0 Å². The van der Waals surface area contributed by atoms with Gasteiger partial charge in [0.05, 0.1) is 11.4 Å². The lowest BCUT2D eigenvalue weighted by atomic mass is 10.2. The van der Waals surface area contributed by atoms with Crippen LogP contribution in [0.5, 0.6) is 0 Å². The highest BCUT2D eigenvalue weighted by Gasteiger charge is 2.40. The van der Waals surface area contributed by atoms with E-state index in [9.17, 15) is 18.8 Å². The minimum atomic E-state index is -0.825. The van der Waals surface area contributed by atoms with Crippen molar-refractivity contribution in [2.45, 2.75) is 0 Å². The fourth-order valence-electron chi connectivity index (χ4n) is 3.07. The summed E-state index contributed by atoms with van der Waals surface area (Å²) in [4.78, 5) is 38.4. The third kappa shape index (κ3) is 4.15. The standard InChI is InChI=1S/C23H14BrClFN3O3/c24-15-5-1-3-7-17(15)28-21(30)13-9-11-14(12-10-13)27-20-19(25)22(31)29(23(20)32)18-8-4-2-6-16(18)26/h1-12,27H,(H,28,30). The molecule has 0 aliphatic carbocycles. The fraction of sp³-hybridized carbons (Fsp3) is 0. The molecule has 0 bridgehead atoms. The van der Waals surface area contributed by atoms with E-state index in [1.165, 1.54) is 18.2 Å². The van der Waals surface area contributed by atoms with Gasteiger partial charge in [-0.05, 0) is 64.5 Å². The molecule has 1 aliphatic heterocycles. The number of carbonyl (C=O) groups excluding carboxylic acids is 3. The van der Waals surface area contributed by atoms with Crippen molar-refractivity contribution < 1.29 is 18.8 Å². The van der Waals surface area contributed by atoms with E-state index < -0.39 is 17.6 Å². The molecule has 0 spiro atoms. The average molecular weight is 515 g/mol. The van der Waals surface area contributed by atoms with Gasteiger partial charge >= 0.3 is 0 Å². The van der Waals surface area contributed by atoms with Crippen LogP contribution >= 0.6 is 27.5 Å². The second-order valence-corrected chi connectivity index (χ2v) is 7.95. The molecule has 0 saturated heterocycles. The Morgan fingerprint density at radius 3 is 2.25 bits per heavy atom. The van der Waals surface area contributed by atoms with Crippen molar-refractivity contribution in [3.05, 3.63) is 99.4 Å². The van der Waals surface area contributed by atoms with Gasteiger partial charge in [0.15, 0.2) is 0 Å². The summed E-state index contributed by atoms with van der Waals surface area (Å²) in [5.74, 6) is -2.64. The molecule has 2 N–H and O–H groups in total. The summed E-state index contributed by atoms with van der Waals surface area (Å²) in [5, 5.41) is 5.23. The van der Waals surface area contributed by atoms with Crippen LogP contribution in [0.25, 0.3) is 0 Å². The molecular weight excluding hydrogens is 501 g/mol. The van der Waals surface area contributed by atoms with Crippen molar-refractivity contribution in [3.8, 4) is 0 Å². The van der Waals surface area contributed by atoms with Gasteiger partial charge in [-0.3, -0.25) is 14.4 Å². The summed E-state index contributed by atoms with van der Waals surface area (Å²) >= 11 is 9.44. The molecule has 3 amide bonds. The molecule has 0 aromatic heterocycles. The monoisotopic (exact) mass is 513 g/mol. The molecule has 32 heavy (non-hydrogen) atoms. The molecule has 6 nitrogen and oxygen atoms in total. The number of hydrogen-bond donors (Lipinski definition) is 2. The molecule has 0 unspecified atom stereocenters. The van der Waals surface area contributed by atoms with Gasteiger partial charge in [0.1, 0.15) is 16.5 Å². The van der Waals surface area contributed by atoms with Gasteiger partial charge < -0.3 is 10.6 Å². The smallest absolute Gasteiger partial charge is 0.283 e. The summed E-state index contributed by atoms with van der Waals surface area (Å²) in [6.07, 6.45) is 0. The molecule has 0 radical (unpaired) electrons. The topological polar surface area (TPSA) is 78.5 Å². The largest absolute Gasteiger partial charge is 0.350 e. The number of nitrogens with zero attached hydrogens (tertiary/aromatic N) is 1. The molecule has 1 aliphatic rings. The second-order valence-electron chi connectivity index (χ2n) is 6.72. The quantitative estimate of drug-likeness (QED) is 0.454. The zero-order chi connectivity index (χ0) is 22.8. The Morgan fingerprint density at radius 1 is 0.906 bits per heavy atom. The van der Waals surface area contributed by atoms with Crippen molar-refractivity contribution in [2.75, 3.05) is 15.5 Å². The highest BCUT2D eigenvalue weighted by molar-refractivity contribution is 9.10. The first-order valence-electron chi connectivity index (χ1n) is 9.33. The van der Waals surface area contributed by atoms with Gasteiger partial charge in [-0.25, -0.2) is 9.29 Å². The normalized spacial score (nSPS) is 13.5. The molecule has 4 rings (SSSR count). The number of hydrogen-bond acceptors (Lipinski definition) is 4. The highest BCUT2D eigenvalue weighted by Crippen LogP contribution is 2.31. The minimum absolute atomic E-state index is 0.176. The van der Waals surface area contributed by atoms with Crippen LogP contribution in [-0.4, -0.2) is 17.7 Å². The predicted molar refractivity (Wildman–Crippen MR) is 124 cm³/mol. The molecule has 1 heterocycles. The lowest BCUT2D eigenvalue weighted by Crippen LogP contribution is -2.33. The number of halogens is 3. The SMILES string of the molecule is O=C(Nc1ccccc1Br)c1ccc(NC2=C(Cl)C(=O)N(c3ccccc3F)C2=O)cc1. The third-order valence-electron chi connectivity index (χ3n) is 4.66. The lowest BCUT2D eigenvalue weighted by molar-refractivity contribution is -0.120. The molecule has 0 saturated carbocycles. The lowest BCUT2D eigenvalue weighted by Gasteiger charge is -2.15. The first-order chi connectivity index (χ1) is 15.4. The van der Waals surface area contributed by atoms with E-state index in [1.54, 1.807) is 36.4 Å². The molecule has 9 heteroatoms. The number of rotatable bonds is 5. The molecule has 0 fully saturated rings. The Bertz CT molecular complexity index is 1280. The number of anilines is 3. The first kappa shape index (κ1) is 21.7. The van der Waals surface area contributed by atoms with Crippen LogP contribution in [0.4, 0.5) is 21.5 Å². The van der Waals surface area contributed by atoms with E-state index in [0.29, 0.717) is 21.8 Å². The Kier molecular flexibility index (Phi) is 6.07. The summed E-state index contributed by atoms with van der Waals surface area (Å²) in [6, 6.07) is 18.9. The minimum Gasteiger partial charge on any atom is -0.350 e. The van der Waals surface area contributed by atoms with E-state index in [-0.39, 0.29) is 22.3 Å². The third-order valence-corrected chi connectivity index (χ3v) is 5.70. The van der Waals surface area contributed by atoms with Crippen LogP contribution < -0.4 is 15.5 Å². The van der Waals surface area contributed by atoms with Crippen molar-refractivity contribution >= 4 is 62.3 Å². The Labute approximate surface area is 195 Å². The van der Waals surface area contributed by atoms with Crippen molar-refractivity contribution in [2.24, 2.45) is 0 Å². The first-order valence-corrected chi connectivity index (χ1v) is 10.5. The van der Waals surface area contributed by atoms with E-state index in [4.69, 9.17) is 11.6 Å². The molecule has 0 atom stereocenters. The highest BCUT2D eigenvalue weighted by atomic mass is 79.9. The zero-order valence-electron chi connectivity index (χ0n) is 16.2. The van der Waals surface area contributed by atoms with Crippen LogP contribution in [-0.2, 0) is 9.59 Å². The number of nitrogens with one attached hydrogen (secondary N) is 2. The fourth-order valence-corrected chi connectivity index (χ4v) is 3.67. The summed E-state index contributed by atoms with van der Waals surface area (Å²) < 4.78 is 14.8. The number of benzene rings is 3. The van der Waals surface area contributed by atoms with Crippen LogP contribution in [0.2, 0.25) is 0 Å². The van der Waals surface area contributed by atoms with Gasteiger partial charge in [-0.2, -0.15) is 0 Å². The van der Waals surface area contributed by atoms with Gasteiger partial charge in [-0.1, -0.05) is 35.9 Å². The summed E-state index contributed by atoms with van der Waals surface area (Å²) in [6.45, 7) is 0. The summed E-state index contributed by atoms with van der Waals surface area (Å²) in [5.41, 5.74) is 1.07. The Morgan fingerprint density at radius 2 is 1.56 bits per heavy atom. The molecule has 3 aromatic rings. The van der Waals surface area contributed by atoms with Crippen LogP contribution in [0, 0.1) is 5.82 Å². The van der Waals surface area contributed by atoms with Crippen LogP contribution in [0.15, 0.2) is 88.0 Å². The van der Waals surface area contributed by atoms with Gasteiger partial charge in [0.2, 0.25) is 0 Å². The maximum absolute atomic E-state index is 14.1.